The smallest absolute Gasteiger partial charge is 0.237 e. The first-order chi connectivity index (χ1) is 8.56. The van der Waals surface area contributed by atoms with Gasteiger partial charge in [-0.1, -0.05) is 15.9 Å². The second-order valence-corrected chi connectivity index (χ2v) is 5.57. The molecule has 0 radical (unpaired) electrons. The van der Waals surface area contributed by atoms with Crippen molar-refractivity contribution in [1.29, 1.82) is 0 Å². The van der Waals surface area contributed by atoms with Crippen molar-refractivity contribution in [3.63, 3.8) is 0 Å². The van der Waals surface area contributed by atoms with Crippen molar-refractivity contribution in [1.82, 2.24) is 10.6 Å². The van der Waals surface area contributed by atoms with Crippen LogP contribution >= 0.6 is 15.9 Å². The van der Waals surface area contributed by atoms with Crippen molar-refractivity contribution >= 4 is 21.8 Å². The summed E-state index contributed by atoms with van der Waals surface area (Å²) >= 11 is 3.36. The first-order valence-corrected chi connectivity index (χ1v) is 6.86. The van der Waals surface area contributed by atoms with E-state index in [4.69, 9.17) is 0 Å². The van der Waals surface area contributed by atoms with Crippen LogP contribution in [0.5, 0.6) is 5.75 Å². The predicted octanol–water partition coefficient (Wildman–Crippen LogP) is 1.91. The molecule has 1 atom stereocenters. The number of halogens is 1. The Bertz CT molecular complexity index is 447. The van der Waals surface area contributed by atoms with Gasteiger partial charge in [0.1, 0.15) is 5.75 Å². The second kappa shape index (κ2) is 5.71. The fourth-order valence-corrected chi connectivity index (χ4v) is 2.01. The summed E-state index contributed by atoms with van der Waals surface area (Å²) in [6, 6.07) is 5.37. The van der Waals surface area contributed by atoms with Crippen LogP contribution in [-0.4, -0.2) is 23.1 Å². The lowest BCUT2D eigenvalue weighted by Gasteiger charge is -2.14. The number of phenolic OH excluding ortho intramolecular Hbond substituents is 1. The molecule has 18 heavy (non-hydrogen) atoms. The third-order valence-corrected chi connectivity index (χ3v) is 3.45. The maximum Gasteiger partial charge on any atom is 0.237 e. The summed E-state index contributed by atoms with van der Waals surface area (Å²) in [5.41, 5.74) is 0.774. The van der Waals surface area contributed by atoms with Gasteiger partial charge in [-0.3, -0.25) is 4.79 Å². The molecular formula is C13H17BrN2O2. The number of rotatable bonds is 5. The summed E-state index contributed by atoms with van der Waals surface area (Å²) in [7, 11) is 0. The first kappa shape index (κ1) is 13.4. The molecule has 1 amide bonds. The Morgan fingerprint density at radius 3 is 2.94 bits per heavy atom. The van der Waals surface area contributed by atoms with E-state index in [2.05, 4.69) is 26.6 Å². The van der Waals surface area contributed by atoms with E-state index >= 15 is 0 Å². The molecule has 1 aromatic rings. The zero-order valence-electron chi connectivity index (χ0n) is 10.2. The SMILES string of the molecule is CC(NCc1cc(Br)ccc1O)C(=O)NC1CC1. The van der Waals surface area contributed by atoms with Crippen molar-refractivity contribution in [3.8, 4) is 5.75 Å². The van der Waals surface area contributed by atoms with Gasteiger partial charge in [-0.05, 0) is 38.0 Å². The Hall–Kier alpha value is -1.07. The number of aromatic hydroxyl groups is 1. The monoisotopic (exact) mass is 312 g/mol. The van der Waals surface area contributed by atoms with Crippen LogP contribution in [0.25, 0.3) is 0 Å². The molecule has 1 fully saturated rings. The van der Waals surface area contributed by atoms with Crippen LogP contribution in [0.15, 0.2) is 22.7 Å². The molecule has 0 aliphatic heterocycles. The lowest BCUT2D eigenvalue weighted by atomic mass is 10.2. The molecule has 0 spiro atoms. The first-order valence-electron chi connectivity index (χ1n) is 6.07. The molecule has 0 heterocycles. The number of nitrogens with one attached hydrogen (secondary N) is 2. The molecule has 1 aromatic carbocycles. The highest BCUT2D eigenvalue weighted by atomic mass is 79.9. The summed E-state index contributed by atoms with van der Waals surface area (Å²) < 4.78 is 0.909. The number of amides is 1. The van der Waals surface area contributed by atoms with Gasteiger partial charge in [0.2, 0.25) is 5.91 Å². The van der Waals surface area contributed by atoms with Gasteiger partial charge in [0.15, 0.2) is 0 Å². The van der Waals surface area contributed by atoms with E-state index < -0.39 is 0 Å². The van der Waals surface area contributed by atoms with Crippen molar-refractivity contribution in [2.24, 2.45) is 0 Å². The molecule has 3 N–H and O–H groups in total. The van der Waals surface area contributed by atoms with E-state index in [1.54, 1.807) is 12.1 Å². The lowest BCUT2D eigenvalue weighted by Crippen LogP contribution is -2.42. The van der Waals surface area contributed by atoms with E-state index in [0.29, 0.717) is 12.6 Å². The minimum absolute atomic E-state index is 0.0204. The minimum atomic E-state index is -0.260. The van der Waals surface area contributed by atoms with Gasteiger partial charge in [0.25, 0.3) is 0 Å². The normalized spacial score (nSPS) is 16.3. The van der Waals surface area contributed by atoms with Gasteiger partial charge in [-0.15, -0.1) is 0 Å². The number of hydrogen-bond acceptors (Lipinski definition) is 3. The molecule has 2 rings (SSSR count). The predicted molar refractivity (Wildman–Crippen MR) is 73.3 cm³/mol. The van der Waals surface area contributed by atoms with Crippen molar-refractivity contribution in [2.75, 3.05) is 0 Å². The Kier molecular flexibility index (Phi) is 4.24. The standard InChI is InChI=1S/C13H17BrN2O2/c1-8(13(18)16-11-3-4-11)15-7-9-6-10(14)2-5-12(9)17/h2,5-6,8,11,15,17H,3-4,7H2,1H3,(H,16,18). The van der Waals surface area contributed by atoms with E-state index in [-0.39, 0.29) is 17.7 Å². The van der Waals surface area contributed by atoms with Gasteiger partial charge in [0, 0.05) is 22.6 Å². The topological polar surface area (TPSA) is 61.4 Å². The van der Waals surface area contributed by atoms with Gasteiger partial charge in [-0.2, -0.15) is 0 Å². The summed E-state index contributed by atoms with van der Waals surface area (Å²) in [6.07, 6.45) is 2.18. The number of phenols is 1. The van der Waals surface area contributed by atoms with E-state index in [1.807, 2.05) is 13.0 Å². The summed E-state index contributed by atoms with van der Waals surface area (Å²) in [5.74, 6) is 0.257. The van der Waals surface area contributed by atoms with Gasteiger partial charge < -0.3 is 15.7 Å². The Morgan fingerprint density at radius 2 is 2.28 bits per heavy atom. The van der Waals surface area contributed by atoms with Crippen LogP contribution in [0.4, 0.5) is 0 Å². The Morgan fingerprint density at radius 1 is 1.56 bits per heavy atom. The van der Waals surface area contributed by atoms with Crippen LogP contribution in [0.3, 0.4) is 0 Å². The van der Waals surface area contributed by atoms with Crippen LogP contribution in [-0.2, 0) is 11.3 Å². The average molecular weight is 313 g/mol. The van der Waals surface area contributed by atoms with Crippen molar-refractivity contribution < 1.29 is 9.90 Å². The highest BCUT2D eigenvalue weighted by molar-refractivity contribution is 9.10. The van der Waals surface area contributed by atoms with Crippen LogP contribution in [0, 0.1) is 0 Å². The Balaban J connectivity index is 1.85. The van der Waals surface area contributed by atoms with Crippen molar-refractivity contribution in [3.05, 3.63) is 28.2 Å². The molecule has 1 aliphatic carbocycles. The Labute approximate surface area is 115 Å². The number of hydrogen-bond donors (Lipinski definition) is 3. The second-order valence-electron chi connectivity index (χ2n) is 4.66. The average Bonchev–Trinajstić information content (AvgIpc) is 3.13. The maximum absolute atomic E-state index is 11.7. The highest BCUT2D eigenvalue weighted by Crippen LogP contribution is 2.22. The zero-order valence-corrected chi connectivity index (χ0v) is 11.8. The van der Waals surface area contributed by atoms with E-state index in [9.17, 15) is 9.90 Å². The molecule has 1 aliphatic rings. The number of carbonyl (C=O) groups excluding carboxylic acids is 1. The number of benzene rings is 1. The molecule has 0 aromatic heterocycles. The van der Waals surface area contributed by atoms with Gasteiger partial charge in [-0.25, -0.2) is 0 Å². The molecular weight excluding hydrogens is 296 g/mol. The molecule has 0 saturated heterocycles. The zero-order chi connectivity index (χ0) is 13.1. The minimum Gasteiger partial charge on any atom is -0.508 e. The largest absolute Gasteiger partial charge is 0.508 e. The van der Waals surface area contributed by atoms with Crippen LogP contribution < -0.4 is 10.6 Å². The van der Waals surface area contributed by atoms with Crippen molar-refractivity contribution in [2.45, 2.75) is 38.4 Å². The fraction of sp³-hybridized carbons (Fsp3) is 0.462. The van der Waals surface area contributed by atoms with Gasteiger partial charge >= 0.3 is 0 Å². The number of carbonyl (C=O) groups is 1. The third kappa shape index (κ3) is 3.71. The molecule has 1 unspecified atom stereocenters. The maximum atomic E-state index is 11.7. The third-order valence-electron chi connectivity index (χ3n) is 2.96. The van der Waals surface area contributed by atoms with Crippen LogP contribution in [0.2, 0.25) is 0 Å². The molecule has 98 valence electrons. The fourth-order valence-electron chi connectivity index (χ4n) is 1.61. The molecule has 4 nitrogen and oxygen atoms in total. The van der Waals surface area contributed by atoms with E-state index in [0.717, 1.165) is 22.9 Å². The summed E-state index contributed by atoms with van der Waals surface area (Å²) in [5, 5.41) is 15.7. The van der Waals surface area contributed by atoms with Crippen LogP contribution in [0.1, 0.15) is 25.3 Å². The van der Waals surface area contributed by atoms with E-state index in [1.165, 1.54) is 0 Å². The summed E-state index contributed by atoms with van der Waals surface area (Å²) in [4.78, 5) is 11.7. The lowest BCUT2D eigenvalue weighted by molar-refractivity contribution is -0.122. The molecule has 1 saturated carbocycles. The molecule has 5 heteroatoms. The van der Waals surface area contributed by atoms with Gasteiger partial charge in [0.05, 0.1) is 6.04 Å². The molecule has 0 bridgehead atoms. The highest BCUT2D eigenvalue weighted by Gasteiger charge is 2.25. The summed E-state index contributed by atoms with van der Waals surface area (Å²) in [6.45, 7) is 2.29. The quantitative estimate of drug-likeness (QED) is 0.778.